The SMILES string of the molecule is N=C(N)c1ccc2nc(-c3cc(CC(=O)NC(CO)(CO)CO)cc(-c4cc(S(N)(=O)=O)ccc4O)c3O)[nH]c2c1. The molecule has 0 radical (unpaired) electrons. The number of nitrogens with zero attached hydrogens (tertiary/aromatic N) is 1. The summed E-state index contributed by atoms with van der Waals surface area (Å²) in [4.78, 5) is 20.0. The lowest BCUT2D eigenvalue weighted by Crippen LogP contribution is -2.57. The zero-order chi connectivity index (χ0) is 30.1. The first-order valence-corrected chi connectivity index (χ1v) is 13.6. The van der Waals surface area contributed by atoms with Crippen LogP contribution in [0.4, 0.5) is 0 Å². The van der Waals surface area contributed by atoms with Crippen LogP contribution in [0.5, 0.6) is 11.5 Å². The Bertz CT molecular complexity index is 1760. The Labute approximate surface area is 233 Å². The van der Waals surface area contributed by atoms with Gasteiger partial charge in [0.25, 0.3) is 0 Å². The standard InChI is InChI=1S/C26H28N6O8S/c27-24(28)14-1-3-19-20(8-14)31-25(30-19)18-6-13(7-22(37)32-26(10-33,11-34)12-35)5-17(23(18)38)16-9-15(41(29,39)40)2-4-21(16)36/h1-6,8-9,33-36,38H,7,10-12H2,(H3,27,28)(H,30,31)(H,32,37)(H2,29,39,40). The van der Waals surface area contributed by atoms with Gasteiger partial charge in [0.05, 0.1) is 47.7 Å². The van der Waals surface area contributed by atoms with E-state index in [0.29, 0.717) is 16.6 Å². The number of benzene rings is 3. The number of phenols is 2. The van der Waals surface area contributed by atoms with Gasteiger partial charge in [-0.25, -0.2) is 18.5 Å². The van der Waals surface area contributed by atoms with E-state index < -0.39 is 52.8 Å². The minimum Gasteiger partial charge on any atom is -0.507 e. The van der Waals surface area contributed by atoms with Crippen LogP contribution in [-0.4, -0.2) is 81.0 Å². The lowest BCUT2D eigenvalue weighted by Gasteiger charge is -2.28. The number of hydrogen-bond acceptors (Lipinski definition) is 10. The highest BCUT2D eigenvalue weighted by atomic mass is 32.2. The van der Waals surface area contributed by atoms with Gasteiger partial charge in [-0.1, -0.05) is 0 Å². The highest BCUT2D eigenvalue weighted by Gasteiger charge is 2.30. The molecule has 1 heterocycles. The molecule has 0 saturated carbocycles. The first-order valence-electron chi connectivity index (χ1n) is 12.0. The van der Waals surface area contributed by atoms with E-state index in [2.05, 4.69) is 15.3 Å². The number of fused-ring (bicyclic) bond motifs is 1. The number of H-pyrrole nitrogens is 1. The number of aliphatic hydroxyl groups is 3. The molecule has 41 heavy (non-hydrogen) atoms. The molecule has 3 aromatic carbocycles. The van der Waals surface area contributed by atoms with Crippen molar-refractivity contribution < 1.29 is 38.7 Å². The van der Waals surface area contributed by atoms with Crippen LogP contribution >= 0.6 is 0 Å². The maximum Gasteiger partial charge on any atom is 0.238 e. The normalized spacial score (nSPS) is 12.0. The van der Waals surface area contributed by atoms with Crippen molar-refractivity contribution in [3.05, 3.63) is 59.7 Å². The molecule has 0 fully saturated rings. The van der Waals surface area contributed by atoms with Crippen LogP contribution in [0.15, 0.2) is 53.4 Å². The van der Waals surface area contributed by atoms with Crippen molar-refractivity contribution in [1.82, 2.24) is 15.3 Å². The van der Waals surface area contributed by atoms with Gasteiger partial charge in [-0.15, -0.1) is 0 Å². The van der Waals surface area contributed by atoms with Gasteiger partial charge in [-0.3, -0.25) is 10.2 Å². The van der Waals surface area contributed by atoms with Crippen LogP contribution in [-0.2, 0) is 21.2 Å². The van der Waals surface area contributed by atoms with Gasteiger partial charge in [0.2, 0.25) is 15.9 Å². The van der Waals surface area contributed by atoms with Crippen molar-refractivity contribution in [3.8, 4) is 34.0 Å². The molecule has 0 atom stereocenters. The molecule has 0 unspecified atom stereocenters. The predicted molar refractivity (Wildman–Crippen MR) is 149 cm³/mol. The molecule has 12 N–H and O–H groups in total. The molecule has 4 rings (SSSR count). The van der Waals surface area contributed by atoms with Crippen LogP contribution < -0.4 is 16.2 Å². The highest BCUT2D eigenvalue weighted by Crippen LogP contribution is 2.42. The number of primary sulfonamides is 1. The zero-order valence-electron chi connectivity index (χ0n) is 21.4. The average Bonchev–Trinajstić information content (AvgIpc) is 3.35. The molecule has 0 aliphatic rings. The molecule has 14 nitrogen and oxygen atoms in total. The third-order valence-electron chi connectivity index (χ3n) is 6.48. The molecule has 0 spiro atoms. The van der Waals surface area contributed by atoms with Gasteiger partial charge in [0, 0.05) is 16.7 Å². The van der Waals surface area contributed by atoms with Crippen molar-refractivity contribution in [1.29, 1.82) is 5.41 Å². The number of hydrogen-bond donors (Lipinski definition) is 10. The smallest absolute Gasteiger partial charge is 0.238 e. The summed E-state index contributed by atoms with van der Waals surface area (Å²) in [5.74, 6) is -1.55. The molecular weight excluding hydrogens is 556 g/mol. The highest BCUT2D eigenvalue weighted by molar-refractivity contribution is 7.89. The number of imidazole rings is 1. The van der Waals surface area contributed by atoms with Crippen molar-refractivity contribution >= 4 is 32.8 Å². The van der Waals surface area contributed by atoms with Gasteiger partial charge < -0.3 is 41.6 Å². The van der Waals surface area contributed by atoms with Crippen LogP contribution in [0.2, 0.25) is 0 Å². The quantitative estimate of drug-likeness (QED) is 0.0852. The summed E-state index contributed by atoms with van der Waals surface area (Å²) >= 11 is 0. The number of aromatic nitrogens is 2. The molecule has 216 valence electrons. The van der Waals surface area contributed by atoms with E-state index >= 15 is 0 Å². The third kappa shape index (κ3) is 5.98. The number of carbonyl (C=O) groups is 1. The van der Waals surface area contributed by atoms with E-state index in [9.17, 15) is 38.7 Å². The second kappa shape index (κ2) is 11.1. The molecular formula is C26H28N6O8S. The monoisotopic (exact) mass is 584 g/mol. The largest absolute Gasteiger partial charge is 0.507 e. The molecule has 0 saturated heterocycles. The van der Waals surface area contributed by atoms with Crippen molar-refractivity contribution in [2.24, 2.45) is 10.9 Å². The van der Waals surface area contributed by atoms with Gasteiger partial charge in [-0.05, 0) is 54.1 Å². The molecule has 15 heteroatoms. The molecule has 1 aromatic heterocycles. The number of aromatic amines is 1. The molecule has 0 aliphatic heterocycles. The first-order chi connectivity index (χ1) is 19.3. The number of nitrogen functional groups attached to an aromatic ring is 1. The second-order valence-corrected chi connectivity index (χ2v) is 11.0. The van der Waals surface area contributed by atoms with Crippen LogP contribution in [0.1, 0.15) is 11.1 Å². The van der Waals surface area contributed by atoms with Gasteiger partial charge >= 0.3 is 0 Å². The Hall–Kier alpha value is -4.54. The van der Waals surface area contributed by atoms with Gasteiger partial charge in [0.15, 0.2) is 0 Å². The fraction of sp³-hybridized carbons (Fsp3) is 0.192. The fourth-order valence-corrected chi connectivity index (χ4v) is 4.73. The van der Waals surface area contributed by atoms with E-state index in [0.717, 1.165) is 18.2 Å². The predicted octanol–water partition coefficient (Wildman–Crippen LogP) is -0.386. The summed E-state index contributed by atoms with van der Waals surface area (Å²) in [7, 11) is -4.19. The van der Waals surface area contributed by atoms with E-state index in [-0.39, 0.29) is 45.2 Å². The third-order valence-corrected chi connectivity index (χ3v) is 7.39. The number of aliphatic hydroxyl groups excluding tert-OH is 3. The Morgan fingerprint density at radius 3 is 2.24 bits per heavy atom. The zero-order valence-corrected chi connectivity index (χ0v) is 22.2. The van der Waals surface area contributed by atoms with Crippen molar-refractivity contribution in [3.63, 3.8) is 0 Å². The van der Waals surface area contributed by atoms with Gasteiger partial charge in [-0.2, -0.15) is 0 Å². The summed E-state index contributed by atoms with van der Waals surface area (Å²) in [6, 6.07) is 10.8. The Balaban J connectivity index is 1.90. The lowest BCUT2D eigenvalue weighted by atomic mass is 9.95. The summed E-state index contributed by atoms with van der Waals surface area (Å²) in [6.07, 6.45) is -0.383. The minimum absolute atomic E-state index is 0.0593. The van der Waals surface area contributed by atoms with Crippen LogP contribution in [0.25, 0.3) is 33.5 Å². The number of aromatic hydroxyl groups is 2. The first kappa shape index (κ1) is 29.4. The maximum absolute atomic E-state index is 12.9. The summed E-state index contributed by atoms with van der Waals surface area (Å²) in [6.45, 7) is -2.23. The number of carbonyl (C=O) groups excluding carboxylic acids is 1. The number of rotatable bonds is 10. The van der Waals surface area contributed by atoms with Crippen LogP contribution in [0, 0.1) is 5.41 Å². The molecule has 0 bridgehead atoms. The second-order valence-electron chi connectivity index (χ2n) is 9.47. The van der Waals surface area contributed by atoms with E-state index in [1.165, 1.54) is 12.1 Å². The number of phenolic OH excluding ortho intramolecular Hbond substituents is 2. The summed E-state index contributed by atoms with van der Waals surface area (Å²) < 4.78 is 24.0. The molecule has 1 amide bonds. The summed E-state index contributed by atoms with van der Waals surface area (Å²) in [5.41, 5.74) is 5.41. The lowest BCUT2D eigenvalue weighted by molar-refractivity contribution is -0.124. The summed E-state index contributed by atoms with van der Waals surface area (Å²) in [5, 5.41) is 65.9. The Morgan fingerprint density at radius 2 is 1.63 bits per heavy atom. The Kier molecular flexibility index (Phi) is 8.01. The number of sulfonamides is 1. The molecule has 0 aliphatic carbocycles. The Morgan fingerprint density at radius 1 is 0.976 bits per heavy atom. The van der Waals surface area contributed by atoms with Crippen molar-refractivity contribution in [2.75, 3.05) is 19.8 Å². The van der Waals surface area contributed by atoms with Crippen LogP contribution in [0.3, 0.4) is 0 Å². The van der Waals surface area contributed by atoms with Crippen molar-refractivity contribution in [2.45, 2.75) is 16.9 Å². The van der Waals surface area contributed by atoms with E-state index in [4.69, 9.17) is 16.3 Å². The topological polar surface area (TPSA) is 269 Å². The average molecular weight is 585 g/mol. The number of nitrogens with two attached hydrogens (primary N) is 2. The number of nitrogens with one attached hydrogen (secondary N) is 3. The number of amides is 1. The minimum atomic E-state index is -4.19. The maximum atomic E-state index is 12.9. The number of amidine groups is 1. The van der Waals surface area contributed by atoms with Gasteiger partial charge in [0.1, 0.15) is 28.7 Å². The van der Waals surface area contributed by atoms with E-state index in [1.807, 2.05) is 0 Å². The molecule has 4 aromatic rings. The fourth-order valence-electron chi connectivity index (χ4n) is 4.19. The van der Waals surface area contributed by atoms with E-state index in [1.54, 1.807) is 18.2 Å².